The van der Waals surface area contributed by atoms with E-state index in [4.69, 9.17) is 14.4 Å². The van der Waals surface area contributed by atoms with Gasteiger partial charge in [-0.2, -0.15) is 0 Å². The molecule has 0 fully saturated rings. The molecule has 0 saturated heterocycles. The maximum Gasteiger partial charge on any atom is 0.309 e. The van der Waals surface area contributed by atoms with Gasteiger partial charge < -0.3 is 14.4 Å². The summed E-state index contributed by atoms with van der Waals surface area (Å²) >= 11 is 0. The van der Waals surface area contributed by atoms with Crippen LogP contribution in [0.2, 0.25) is 0 Å². The van der Waals surface area contributed by atoms with Gasteiger partial charge in [-0.15, -0.1) is 0 Å². The van der Waals surface area contributed by atoms with E-state index in [-0.39, 0.29) is 6.42 Å². The first-order valence-electron chi connectivity index (χ1n) is 4.03. The van der Waals surface area contributed by atoms with E-state index < -0.39 is 5.97 Å². The molecular weight excluding hydrogens is 174 g/mol. The van der Waals surface area contributed by atoms with Crippen LogP contribution in [0.4, 0.5) is 0 Å². The molecule has 1 aromatic rings. The predicted octanol–water partition coefficient (Wildman–Crippen LogP) is 0.374. The van der Waals surface area contributed by atoms with Crippen molar-refractivity contribution in [1.29, 1.82) is 0 Å². The smallest absolute Gasteiger partial charge is 0.309 e. The number of hydrogen-bond acceptors (Lipinski definition) is 4. The highest BCUT2D eigenvalue weighted by Gasteiger charge is 2.20. The average molecular weight is 183 g/mol. The highest BCUT2D eigenvalue weighted by Crippen LogP contribution is 2.20. The summed E-state index contributed by atoms with van der Waals surface area (Å²) in [5, 5.41) is 12.3. The summed E-state index contributed by atoms with van der Waals surface area (Å²) in [7, 11) is 0. The van der Waals surface area contributed by atoms with E-state index in [1.807, 2.05) is 0 Å². The van der Waals surface area contributed by atoms with Gasteiger partial charge in [0.05, 0.1) is 19.6 Å². The Hall–Kier alpha value is -1.36. The number of hydrogen-bond donors (Lipinski definition) is 1. The fourth-order valence-electron chi connectivity index (χ4n) is 1.36. The van der Waals surface area contributed by atoms with Crippen molar-refractivity contribution in [2.45, 2.75) is 19.4 Å². The highest BCUT2D eigenvalue weighted by atomic mass is 16.5. The fraction of sp³-hybridized carbons (Fsp3) is 0.500. The monoisotopic (exact) mass is 183 g/mol. The molecule has 2 rings (SSSR count). The van der Waals surface area contributed by atoms with Crippen molar-refractivity contribution in [3.63, 3.8) is 0 Å². The molecular formula is C8H9NO4. The molecule has 70 valence electrons. The maximum absolute atomic E-state index is 10.4. The third-order valence-corrected chi connectivity index (χ3v) is 1.99. The summed E-state index contributed by atoms with van der Waals surface area (Å²) in [6.07, 6.45) is 0.587. The second kappa shape index (κ2) is 3.18. The number of carbonyl (C=O) groups is 1. The van der Waals surface area contributed by atoms with Crippen LogP contribution in [0.1, 0.15) is 17.0 Å². The van der Waals surface area contributed by atoms with Crippen LogP contribution in [-0.2, 0) is 29.0 Å². The lowest BCUT2D eigenvalue weighted by Crippen LogP contribution is -2.10. The van der Waals surface area contributed by atoms with Gasteiger partial charge in [-0.05, 0) is 0 Å². The highest BCUT2D eigenvalue weighted by molar-refractivity contribution is 5.70. The molecule has 0 amide bonds. The Labute approximate surface area is 74.3 Å². The van der Waals surface area contributed by atoms with E-state index in [1.165, 1.54) is 0 Å². The number of aromatic nitrogens is 1. The van der Waals surface area contributed by atoms with Gasteiger partial charge in [0.15, 0.2) is 0 Å². The minimum atomic E-state index is -0.901. The molecule has 1 aliphatic rings. The fourth-order valence-corrected chi connectivity index (χ4v) is 1.36. The second-order valence-corrected chi connectivity index (χ2v) is 2.90. The molecule has 0 bridgehead atoms. The van der Waals surface area contributed by atoms with Gasteiger partial charge in [-0.25, -0.2) is 0 Å². The van der Waals surface area contributed by atoms with Crippen molar-refractivity contribution in [1.82, 2.24) is 5.16 Å². The summed E-state index contributed by atoms with van der Waals surface area (Å²) in [5.41, 5.74) is 1.30. The van der Waals surface area contributed by atoms with E-state index in [1.54, 1.807) is 0 Å². The molecule has 5 nitrogen and oxygen atoms in total. The lowest BCUT2D eigenvalue weighted by Gasteiger charge is -2.09. The molecule has 5 heteroatoms. The van der Waals surface area contributed by atoms with Gasteiger partial charge in [0.25, 0.3) is 0 Å². The minimum absolute atomic E-state index is 0.0950. The van der Waals surface area contributed by atoms with E-state index >= 15 is 0 Å². The summed E-state index contributed by atoms with van der Waals surface area (Å²) in [5.74, 6) is -0.135. The summed E-state index contributed by atoms with van der Waals surface area (Å²) in [6.45, 7) is 1.04. The Morgan fingerprint density at radius 1 is 1.62 bits per heavy atom. The quantitative estimate of drug-likeness (QED) is 0.717. The van der Waals surface area contributed by atoms with Crippen molar-refractivity contribution in [3.8, 4) is 0 Å². The van der Waals surface area contributed by atoms with Gasteiger partial charge in [0.2, 0.25) is 0 Å². The summed E-state index contributed by atoms with van der Waals surface area (Å²) < 4.78 is 10.2. The number of carboxylic acids is 1. The van der Waals surface area contributed by atoms with Crippen LogP contribution in [0.25, 0.3) is 0 Å². The second-order valence-electron chi connectivity index (χ2n) is 2.90. The van der Waals surface area contributed by atoms with Gasteiger partial charge in [0, 0.05) is 12.0 Å². The van der Waals surface area contributed by atoms with Crippen LogP contribution in [0.5, 0.6) is 0 Å². The van der Waals surface area contributed by atoms with E-state index in [2.05, 4.69) is 5.16 Å². The largest absolute Gasteiger partial charge is 0.481 e. The van der Waals surface area contributed by atoms with Crippen molar-refractivity contribution >= 4 is 5.97 Å². The van der Waals surface area contributed by atoms with Gasteiger partial charge in [-0.3, -0.25) is 4.79 Å². The van der Waals surface area contributed by atoms with E-state index in [9.17, 15) is 4.79 Å². The Balaban J connectivity index is 2.26. The molecule has 0 atom stereocenters. The van der Waals surface area contributed by atoms with Crippen molar-refractivity contribution in [2.24, 2.45) is 0 Å². The van der Waals surface area contributed by atoms with Crippen molar-refractivity contribution in [3.05, 3.63) is 17.0 Å². The lowest BCUT2D eigenvalue weighted by molar-refractivity contribution is -0.136. The van der Waals surface area contributed by atoms with E-state index in [0.717, 1.165) is 11.3 Å². The first kappa shape index (κ1) is 8.25. The van der Waals surface area contributed by atoms with Crippen molar-refractivity contribution < 1.29 is 19.2 Å². The van der Waals surface area contributed by atoms with Crippen LogP contribution < -0.4 is 0 Å². The molecule has 0 spiro atoms. The van der Waals surface area contributed by atoms with Gasteiger partial charge >= 0.3 is 5.97 Å². The molecule has 1 N–H and O–H groups in total. The third kappa shape index (κ3) is 1.55. The lowest BCUT2D eigenvalue weighted by atomic mass is 10.1. The summed E-state index contributed by atoms with van der Waals surface area (Å²) in [4.78, 5) is 10.4. The Morgan fingerprint density at radius 2 is 2.46 bits per heavy atom. The zero-order chi connectivity index (χ0) is 9.26. The number of carboxylic acid groups (broad SMARTS) is 1. The zero-order valence-corrected chi connectivity index (χ0v) is 6.95. The van der Waals surface area contributed by atoms with Gasteiger partial charge in [0.1, 0.15) is 11.5 Å². The third-order valence-electron chi connectivity index (χ3n) is 1.99. The van der Waals surface area contributed by atoms with E-state index in [0.29, 0.717) is 25.3 Å². The molecule has 2 heterocycles. The molecule has 1 aromatic heterocycles. The number of ether oxygens (including phenoxy) is 1. The van der Waals surface area contributed by atoms with Crippen LogP contribution in [0, 0.1) is 0 Å². The molecule has 0 unspecified atom stereocenters. The minimum Gasteiger partial charge on any atom is -0.481 e. The Kier molecular flexibility index (Phi) is 2.02. The van der Waals surface area contributed by atoms with Crippen LogP contribution in [0.3, 0.4) is 0 Å². The Morgan fingerprint density at radius 3 is 3.23 bits per heavy atom. The first-order chi connectivity index (χ1) is 6.27. The summed E-state index contributed by atoms with van der Waals surface area (Å²) in [6, 6.07) is 0. The molecule has 1 aliphatic heterocycles. The average Bonchev–Trinajstić information content (AvgIpc) is 2.48. The molecule has 0 aliphatic carbocycles. The molecule has 0 aromatic carbocycles. The van der Waals surface area contributed by atoms with Crippen LogP contribution >= 0.6 is 0 Å². The maximum atomic E-state index is 10.4. The molecule has 0 radical (unpaired) electrons. The SMILES string of the molecule is O=C(O)Cc1noc2c1COCC2. The molecule has 13 heavy (non-hydrogen) atoms. The van der Waals surface area contributed by atoms with Crippen LogP contribution in [0.15, 0.2) is 4.52 Å². The topological polar surface area (TPSA) is 72.6 Å². The number of rotatable bonds is 2. The van der Waals surface area contributed by atoms with Gasteiger partial charge in [-0.1, -0.05) is 5.16 Å². The number of aliphatic carboxylic acids is 1. The van der Waals surface area contributed by atoms with Crippen LogP contribution in [-0.4, -0.2) is 22.8 Å². The zero-order valence-electron chi connectivity index (χ0n) is 6.95. The van der Waals surface area contributed by atoms with Crippen molar-refractivity contribution in [2.75, 3.05) is 6.61 Å². The number of nitrogens with zero attached hydrogens (tertiary/aromatic N) is 1. The normalized spacial score (nSPS) is 15.4. The first-order valence-corrected chi connectivity index (χ1v) is 4.03. The number of fused-ring (bicyclic) bond motifs is 1. The predicted molar refractivity (Wildman–Crippen MR) is 41.2 cm³/mol. The standard InChI is InChI=1S/C8H9NO4/c10-8(11)3-6-5-4-12-2-1-7(5)13-9-6/h1-4H2,(H,10,11). The molecule has 0 saturated carbocycles. The Bertz CT molecular complexity index is 331.